The van der Waals surface area contributed by atoms with Gasteiger partial charge in [-0.05, 0) is 36.4 Å². The van der Waals surface area contributed by atoms with Crippen LogP contribution in [0.4, 0.5) is 5.82 Å². The van der Waals surface area contributed by atoms with Crippen LogP contribution in [0.25, 0.3) is 10.9 Å². The highest BCUT2D eigenvalue weighted by atomic mass is 32.2. The molecule has 0 bridgehead atoms. The SMILES string of the molecule is CC(=O)SCC(=O)c1ccc(NS(=O)(=O)c2ccc3ncccc3c2)nc1. The van der Waals surface area contributed by atoms with Gasteiger partial charge in [0.05, 0.1) is 16.2 Å². The second-order valence-electron chi connectivity index (χ2n) is 5.60. The molecule has 1 aromatic carbocycles. The zero-order chi connectivity index (χ0) is 19.4. The molecule has 0 saturated heterocycles. The van der Waals surface area contributed by atoms with Crippen LogP contribution in [0.15, 0.2) is 59.8 Å². The average molecular weight is 401 g/mol. The number of sulfonamides is 1. The molecule has 7 nitrogen and oxygen atoms in total. The molecule has 0 aliphatic carbocycles. The molecular formula is C18H15N3O4S2. The number of pyridine rings is 2. The van der Waals surface area contributed by atoms with E-state index in [1.54, 1.807) is 24.4 Å². The summed E-state index contributed by atoms with van der Waals surface area (Å²) in [4.78, 5) is 31.1. The molecule has 0 radical (unpaired) electrons. The van der Waals surface area contributed by atoms with E-state index in [0.717, 1.165) is 11.8 Å². The van der Waals surface area contributed by atoms with Gasteiger partial charge in [0.25, 0.3) is 10.0 Å². The second-order valence-corrected chi connectivity index (χ2v) is 8.43. The van der Waals surface area contributed by atoms with Gasteiger partial charge in [-0.25, -0.2) is 13.4 Å². The van der Waals surface area contributed by atoms with Gasteiger partial charge in [0.2, 0.25) is 0 Å². The molecule has 27 heavy (non-hydrogen) atoms. The van der Waals surface area contributed by atoms with E-state index >= 15 is 0 Å². The minimum atomic E-state index is -3.83. The van der Waals surface area contributed by atoms with Crippen LogP contribution >= 0.6 is 11.8 Å². The van der Waals surface area contributed by atoms with Crippen LogP contribution in [0, 0.1) is 0 Å². The van der Waals surface area contributed by atoms with Crippen molar-refractivity contribution in [3.63, 3.8) is 0 Å². The first-order valence-electron chi connectivity index (χ1n) is 7.85. The Labute approximate surface area is 160 Å². The Morgan fingerprint density at radius 1 is 1.11 bits per heavy atom. The van der Waals surface area contributed by atoms with Gasteiger partial charge >= 0.3 is 0 Å². The summed E-state index contributed by atoms with van der Waals surface area (Å²) >= 11 is 0.914. The van der Waals surface area contributed by atoms with E-state index in [1.165, 1.54) is 37.4 Å². The number of nitrogens with zero attached hydrogens (tertiary/aromatic N) is 2. The van der Waals surface area contributed by atoms with Gasteiger partial charge in [0.15, 0.2) is 10.9 Å². The molecule has 0 atom stereocenters. The molecule has 9 heteroatoms. The number of benzene rings is 1. The summed E-state index contributed by atoms with van der Waals surface area (Å²) in [5.41, 5.74) is 1.00. The predicted octanol–water partition coefficient (Wildman–Crippen LogP) is 2.89. The minimum absolute atomic E-state index is 0.0210. The maximum atomic E-state index is 12.6. The molecule has 0 amide bonds. The Kier molecular flexibility index (Phi) is 5.52. The summed E-state index contributed by atoms with van der Waals surface area (Å²) in [5.74, 6) is -0.135. The maximum Gasteiger partial charge on any atom is 0.263 e. The number of aromatic nitrogens is 2. The molecule has 2 heterocycles. The summed E-state index contributed by atoms with van der Waals surface area (Å²) in [6.07, 6.45) is 2.92. The first-order chi connectivity index (χ1) is 12.8. The number of rotatable bonds is 6. The van der Waals surface area contributed by atoms with E-state index in [0.29, 0.717) is 16.5 Å². The standard InChI is InChI=1S/C18H15N3O4S2/c1-12(22)26-11-17(23)14-4-7-18(20-10-14)21-27(24,25)15-5-6-16-13(9-15)3-2-8-19-16/h2-10H,11H2,1H3,(H,20,21). The van der Waals surface area contributed by atoms with Crippen LogP contribution < -0.4 is 4.72 Å². The molecule has 0 fully saturated rings. The van der Waals surface area contributed by atoms with Crippen LogP contribution in [0.2, 0.25) is 0 Å². The highest BCUT2D eigenvalue weighted by Gasteiger charge is 2.16. The van der Waals surface area contributed by atoms with Crippen LogP contribution in [0.1, 0.15) is 17.3 Å². The Morgan fingerprint density at radius 2 is 1.93 bits per heavy atom. The number of carbonyl (C=O) groups excluding carboxylic acids is 2. The third-order valence-corrected chi connectivity index (χ3v) is 5.78. The Bertz CT molecular complexity index is 1110. The summed E-state index contributed by atoms with van der Waals surface area (Å²) in [5, 5.41) is 0.559. The number of hydrogen-bond acceptors (Lipinski definition) is 7. The molecule has 3 aromatic rings. The average Bonchev–Trinajstić information content (AvgIpc) is 2.66. The minimum Gasteiger partial charge on any atom is -0.293 e. The van der Waals surface area contributed by atoms with Crippen molar-refractivity contribution in [2.75, 3.05) is 10.5 Å². The van der Waals surface area contributed by atoms with Crippen LogP contribution in [0.5, 0.6) is 0 Å². The highest BCUT2D eigenvalue weighted by molar-refractivity contribution is 8.14. The number of Topliss-reactive ketones (excluding diaryl/α,β-unsaturated/α-hetero) is 1. The van der Waals surface area contributed by atoms with E-state index in [1.807, 2.05) is 0 Å². The zero-order valence-electron chi connectivity index (χ0n) is 14.2. The third-order valence-electron chi connectivity index (χ3n) is 3.62. The first-order valence-corrected chi connectivity index (χ1v) is 10.3. The number of ketones is 1. The van der Waals surface area contributed by atoms with Gasteiger partial charge in [-0.1, -0.05) is 17.8 Å². The predicted molar refractivity (Wildman–Crippen MR) is 104 cm³/mol. The number of hydrogen-bond donors (Lipinski definition) is 1. The number of nitrogens with one attached hydrogen (secondary N) is 1. The Hall–Kier alpha value is -2.78. The lowest BCUT2D eigenvalue weighted by Gasteiger charge is -2.08. The van der Waals surface area contributed by atoms with Crippen LogP contribution in [-0.4, -0.2) is 35.0 Å². The molecule has 138 valence electrons. The second kappa shape index (κ2) is 7.85. The molecule has 3 rings (SSSR count). The zero-order valence-corrected chi connectivity index (χ0v) is 15.9. The van der Waals surface area contributed by atoms with E-state index in [-0.39, 0.29) is 27.4 Å². The summed E-state index contributed by atoms with van der Waals surface area (Å²) < 4.78 is 27.5. The van der Waals surface area contributed by atoms with Crippen molar-refractivity contribution in [2.45, 2.75) is 11.8 Å². The van der Waals surface area contributed by atoms with Crippen molar-refractivity contribution < 1.29 is 18.0 Å². The first kappa shape index (κ1) is 19.0. The summed E-state index contributed by atoms with van der Waals surface area (Å²) in [6.45, 7) is 1.39. The fraction of sp³-hybridized carbons (Fsp3) is 0.111. The molecule has 0 saturated carbocycles. The fourth-order valence-electron chi connectivity index (χ4n) is 2.29. The Morgan fingerprint density at radius 3 is 2.63 bits per heavy atom. The lowest BCUT2D eigenvalue weighted by Crippen LogP contribution is -2.14. The van der Waals surface area contributed by atoms with Gasteiger partial charge in [-0.2, -0.15) is 0 Å². The number of thioether (sulfide) groups is 1. The molecule has 0 spiro atoms. The number of anilines is 1. The van der Waals surface area contributed by atoms with Crippen molar-refractivity contribution in [1.29, 1.82) is 0 Å². The lowest BCUT2D eigenvalue weighted by atomic mass is 10.2. The van der Waals surface area contributed by atoms with E-state index in [9.17, 15) is 18.0 Å². The van der Waals surface area contributed by atoms with Crippen molar-refractivity contribution in [2.24, 2.45) is 0 Å². The van der Waals surface area contributed by atoms with Crippen molar-refractivity contribution >= 4 is 49.4 Å². The van der Waals surface area contributed by atoms with Gasteiger partial charge in [0.1, 0.15) is 5.82 Å². The molecule has 0 unspecified atom stereocenters. The highest BCUT2D eigenvalue weighted by Crippen LogP contribution is 2.20. The Balaban J connectivity index is 1.76. The quantitative estimate of drug-likeness (QED) is 0.633. The summed E-state index contributed by atoms with van der Waals surface area (Å²) in [7, 11) is -3.83. The van der Waals surface area contributed by atoms with Gasteiger partial charge in [-0.3, -0.25) is 19.3 Å². The molecule has 1 N–H and O–H groups in total. The van der Waals surface area contributed by atoms with E-state index in [2.05, 4.69) is 14.7 Å². The fourth-order valence-corrected chi connectivity index (χ4v) is 3.83. The maximum absolute atomic E-state index is 12.6. The topological polar surface area (TPSA) is 106 Å². The third kappa shape index (κ3) is 4.69. The molecular weight excluding hydrogens is 386 g/mol. The smallest absolute Gasteiger partial charge is 0.263 e. The largest absolute Gasteiger partial charge is 0.293 e. The molecule has 0 aliphatic rings. The van der Waals surface area contributed by atoms with Crippen molar-refractivity contribution in [1.82, 2.24) is 9.97 Å². The summed E-state index contributed by atoms with van der Waals surface area (Å²) in [6, 6.07) is 11.0. The van der Waals surface area contributed by atoms with Crippen molar-refractivity contribution in [3.8, 4) is 0 Å². The van der Waals surface area contributed by atoms with Gasteiger partial charge in [-0.15, -0.1) is 0 Å². The molecule has 2 aromatic heterocycles. The number of fused-ring (bicyclic) bond motifs is 1. The van der Waals surface area contributed by atoms with E-state index in [4.69, 9.17) is 0 Å². The van der Waals surface area contributed by atoms with Crippen LogP contribution in [-0.2, 0) is 14.8 Å². The monoisotopic (exact) mass is 401 g/mol. The normalized spacial score (nSPS) is 11.3. The number of carbonyl (C=O) groups is 2. The molecule has 0 aliphatic heterocycles. The van der Waals surface area contributed by atoms with Gasteiger partial charge < -0.3 is 0 Å². The van der Waals surface area contributed by atoms with Crippen LogP contribution in [0.3, 0.4) is 0 Å². The van der Waals surface area contributed by atoms with Crippen molar-refractivity contribution in [3.05, 3.63) is 60.4 Å². The van der Waals surface area contributed by atoms with E-state index < -0.39 is 10.0 Å². The lowest BCUT2D eigenvalue weighted by molar-refractivity contribution is -0.109. The van der Waals surface area contributed by atoms with Gasteiger partial charge in [0, 0.05) is 30.3 Å².